The molecule has 3 aromatic rings. The van der Waals surface area contributed by atoms with Crippen molar-refractivity contribution in [3.05, 3.63) is 64.9 Å². The SMILES string of the molecule is Cc1ccc(OCC(=O)NNC(=O)Cc2csc(-c3cccnc3)n2)cc1C. The molecule has 0 saturated carbocycles. The van der Waals surface area contributed by atoms with E-state index in [1.165, 1.54) is 11.3 Å². The number of nitrogens with zero attached hydrogens (tertiary/aromatic N) is 2. The molecule has 28 heavy (non-hydrogen) atoms. The van der Waals surface area contributed by atoms with E-state index in [0.29, 0.717) is 11.4 Å². The lowest BCUT2D eigenvalue weighted by Crippen LogP contribution is -2.44. The maximum atomic E-state index is 12.0. The van der Waals surface area contributed by atoms with Crippen LogP contribution in [0.2, 0.25) is 0 Å². The van der Waals surface area contributed by atoms with E-state index in [0.717, 1.165) is 21.7 Å². The molecule has 0 spiro atoms. The Balaban J connectivity index is 1.43. The Morgan fingerprint density at radius 2 is 1.93 bits per heavy atom. The van der Waals surface area contributed by atoms with Crippen LogP contribution >= 0.6 is 11.3 Å². The summed E-state index contributed by atoms with van der Waals surface area (Å²) in [6, 6.07) is 9.33. The van der Waals surface area contributed by atoms with Gasteiger partial charge >= 0.3 is 0 Å². The van der Waals surface area contributed by atoms with Gasteiger partial charge < -0.3 is 4.74 Å². The fourth-order valence-electron chi connectivity index (χ4n) is 2.35. The molecule has 0 aliphatic heterocycles. The summed E-state index contributed by atoms with van der Waals surface area (Å²) in [5.41, 5.74) is 8.47. The minimum absolute atomic E-state index is 0.0645. The van der Waals surface area contributed by atoms with Crippen molar-refractivity contribution in [3.63, 3.8) is 0 Å². The van der Waals surface area contributed by atoms with Gasteiger partial charge in [-0.2, -0.15) is 0 Å². The number of aryl methyl sites for hydroxylation is 2. The summed E-state index contributed by atoms with van der Waals surface area (Å²) in [7, 11) is 0. The summed E-state index contributed by atoms with van der Waals surface area (Å²) in [5, 5.41) is 2.61. The van der Waals surface area contributed by atoms with E-state index in [1.54, 1.807) is 18.5 Å². The van der Waals surface area contributed by atoms with Crippen LogP contribution in [0.5, 0.6) is 5.75 Å². The number of carbonyl (C=O) groups excluding carboxylic acids is 2. The van der Waals surface area contributed by atoms with E-state index in [4.69, 9.17) is 4.74 Å². The number of hydrazine groups is 1. The van der Waals surface area contributed by atoms with Crippen LogP contribution < -0.4 is 15.6 Å². The molecule has 144 valence electrons. The van der Waals surface area contributed by atoms with E-state index in [1.807, 2.05) is 43.5 Å². The van der Waals surface area contributed by atoms with Crippen LogP contribution in [-0.2, 0) is 16.0 Å². The quantitative estimate of drug-likeness (QED) is 0.625. The third-order valence-corrected chi connectivity index (χ3v) is 4.93. The molecular weight excluding hydrogens is 376 g/mol. The van der Waals surface area contributed by atoms with Crippen molar-refractivity contribution in [2.75, 3.05) is 6.61 Å². The summed E-state index contributed by atoms with van der Waals surface area (Å²) in [6.45, 7) is 3.79. The van der Waals surface area contributed by atoms with Gasteiger partial charge in [0.25, 0.3) is 5.91 Å². The molecule has 1 aromatic carbocycles. The topological polar surface area (TPSA) is 93.2 Å². The lowest BCUT2D eigenvalue weighted by atomic mass is 10.1. The van der Waals surface area contributed by atoms with Crippen molar-refractivity contribution in [2.24, 2.45) is 0 Å². The number of pyridine rings is 1. The molecule has 0 unspecified atom stereocenters. The van der Waals surface area contributed by atoms with Gasteiger partial charge in [0.1, 0.15) is 10.8 Å². The monoisotopic (exact) mass is 396 g/mol. The second kappa shape index (κ2) is 9.09. The summed E-state index contributed by atoms with van der Waals surface area (Å²) in [4.78, 5) is 32.3. The summed E-state index contributed by atoms with van der Waals surface area (Å²) >= 11 is 1.44. The second-order valence-corrected chi connectivity index (χ2v) is 7.05. The van der Waals surface area contributed by atoms with Gasteiger partial charge in [-0.25, -0.2) is 4.98 Å². The lowest BCUT2D eigenvalue weighted by molar-refractivity contribution is -0.129. The molecule has 8 heteroatoms. The molecule has 0 saturated heterocycles. The maximum Gasteiger partial charge on any atom is 0.276 e. The molecular formula is C20H20N4O3S. The van der Waals surface area contributed by atoms with Crippen molar-refractivity contribution < 1.29 is 14.3 Å². The van der Waals surface area contributed by atoms with E-state index in [9.17, 15) is 9.59 Å². The largest absolute Gasteiger partial charge is 0.484 e. The van der Waals surface area contributed by atoms with Crippen molar-refractivity contribution >= 4 is 23.2 Å². The summed E-state index contributed by atoms with van der Waals surface area (Å²) in [6.07, 6.45) is 3.48. The normalized spacial score (nSPS) is 10.4. The van der Waals surface area contributed by atoms with Crippen LogP contribution in [0.4, 0.5) is 0 Å². The highest BCUT2D eigenvalue weighted by Crippen LogP contribution is 2.22. The first-order valence-corrected chi connectivity index (χ1v) is 9.52. The van der Waals surface area contributed by atoms with Crippen LogP contribution in [-0.4, -0.2) is 28.4 Å². The van der Waals surface area contributed by atoms with Gasteiger partial charge in [-0.15, -0.1) is 11.3 Å². The molecule has 0 bridgehead atoms. The minimum Gasteiger partial charge on any atom is -0.484 e. The van der Waals surface area contributed by atoms with Gasteiger partial charge in [0.2, 0.25) is 5.91 Å². The minimum atomic E-state index is -0.444. The van der Waals surface area contributed by atoms with E-state index in [2.05, 4.69) is 20.8 Å². The highest BCUT2D eigenvalue weighted by molar-refractivity contribution is 7.13. The highest BCUT2D eigenvalue weighted by Gasteiger charge is 2.10. The first-order chi connectivity index (χ1) is 13.5. The van der Waals surface area contributed by atoms with Crippen molar-refractivity contribution in [1.82, 2.24) is 20.8 Å². The zero-order valence-electron chi connectivity index (χ0n) is 15.6. The second-order valence-electron chi connectivity index (χ2n) is 6.19. The van der Waals surface area contributed by atoms with Gasteiger partial charge in [0.05, 0.1) is 12.1 Å². The number of amides is 2. The van der Waals surface area contributed by atoms with E-state index in [-0.39, 0.29) is 18.9 Å². The van der Waals surface area contributed by atoms with Crippen LogP contribution in [0.3, 0.4) is 0 Å². The van der Waals surface area contributed by atoms with E-state index >= 15 is 0 Å². The Morgan fingerprint density at radius 1 is 1.11 bits per heavy atom. The molecule has 0 radical (unpaired) electrons. The highest BCUT2D eigenvalue weighted by atomic mass is 32.1. The van der Waals surface area contributed by atoms with Gasteiger partial charge in [-0.1, -0.05) is 6.07 Å². The predicted molar refractivity (Wildman–Crippen MR) is 107 cm³/mol. The number of benzene rings is 1. The Morgan fingerprint density at radius 3 is 2.68 bits per heavy atom. The smallest absolute Gasteiger partial charge is 0.276 e. The molecule has 0 aliphatic rings. The Bertz CT molecular complexity index is 973. The number of thiazole rings is 1. The molecule has 2 amide bonds. The standard InChI is InChI=1S/C20H20N4O3S/c1-13-5-6-17(8-14(13)2)27-11-19(26)24-23-18(25)9-16-12-28-20(22-16)15-4-3-7-21-10-15/h3-8,10,12H,9,11H2,1-2H3,(H,23,25)(H,24,26). The number of hydrogen-bond donors (Lipinski definition) is 2. The Hall–Kier alpha value is -3.26. The zero-order chi connectivity index (χ0) is 19.9. The van der Waals surface area contributed by atoms with E-state index < -0.39 is 5.91 Å². The maximum absolute atomic E-state index is 12.0. The number of aromatic nitrogens is 2. The van der Waals surface area contributed by atoms with Crippen LogP contribution in [0, 0.1) is 13.8 Å². The van der Waals surface area contributed by atoms with Crippen molar-refractivity contribution in [2.45, 2.75) is 20.3 Å². The van der Waals surface area contributed by atoms with Crippen LogP contribution in [0.15, 0.2) is 48.1 Å². The first kappa shape index (κ1) is 19.5. The molecule has 2 heterocycles. The van der Waals surface area contributed by atoms with Gasteiger partial charge in [0.15, 0.2) is 6.61 Å². The fraction of sp³-hybridized carbons (Fsp3) is 0.200. The Kier molecular flexibility index (Phi) is 6.33. The van der Waals surface area contributed by atoms with Gasteiger partial charge in [-0.3, -0.25) is 25.4 Å². The average molecular weight is 396 g/mol. The number of carbonyl (C=O) groups is 2. The third-order valence-electron chi connectivity index (χ3n) is 3.99. The van der Waals surface area contributed by atoms with Gasteiger partial charge in [-0.05, 0) is 49.2 Å². The summed E-state index contributed by atoms with van der Waals surface area (Å²) < 4.78 is 5.43. The number of ether oxygens (including phenoxy) is 1. The average Bonchev–Trinajstić information content (AvgIpc) is 3.16. The molecule has 7 nitrogen and oxygen atoms in total. The molecule has 0 aliphatic carbocycles. The predicted octanol–water partition coefficient (Wildman–Crippen LogP) is 2.59. The number of hydrogen-bond acceptors (Lipinski definition) is 6. The molecule has 0 atom stereocenters. The van der Waals surface area contributed by atoms with Crippen LogP contribution in [0.25, 0.3) is 10.6 Å². The third kappa shape index (κ3) is 5.37. The lowest BCUT2D eigenvalue weighted by Gasteiger charge is -2.09. The number of rotatable bonds is 6. The first-order valence-electron chi connectivity index (χ1n) is 8.64. The van der Waals surface area contributed by atoms with Crippen LogP contribution in [0.1, 0.15) is 16.8 Å². The summed E-state index contributed by atoms with van der Waals surface area (Å²) in [5.74, 6) is -0.196. The molecule has 2 aromatic heterocycles. The van der Waals surface area contributed by atoms with Gasteiger partial charge in [0, 0.05) is 23.3 Å². The van der Waals surface area contributed by atoms with Crippen molar-refractivity contribution in [1.29, 1.82) is 0 Å². The molecule has 2 N–H and O–H groups in total. The Labute approximate surface area is 166 Å². The fourth-order valence-corrected chi connectivity index (χ4v) is 3.16. The molecule has 0 fully saturated rings. The molecule has 3 rings (SSSR count). The zero-order valence-corrected chi connectivity index (χ0v) is 16.4. The van der Waals surface area contributed by atoms with Crippen molar-refractivity contribution in [3.8, 4) is 16.3 Å². The number of nitrogens with one attached hydrogen (secondary N) is 2.